The summed E-state index contributed by atoms with van der Waals surface area (Å²) in [5.74, 6) is -0.804. The monoisotopic (exact) mass is 1130 g/mol. The van der Waals surface area contributed by atoms with Gasteiger partial charge in [-0.2, -0.15) is 0 Å². The number of phosphoric ester groups is 2. The van der Waals surface area contributed by atoms with E-state index in [2.05, 4.69) is 41.5 Å². The molecule has 0 aromatic heterocycles. The summed E-state index contributed by atoms with van der Waals surface area (Å²) < 4.78 is 67.5. The van der Waals surface area contributed by atoms with Crippen LogP contribution in [0, 0.1) is 11.8 Å². The van der Waals surface area contributed by atoms with Gasteiger partial charge in [0, 0.05) is 25.7 Å². The van der Waals surface area contributed by atoms with Gasteiger partial charge in [0.1, 0.15) is 19.3 Å². The lowest BCUT2D eigenvalue weighted by Crippen LogP contribution is -2.30. The zero-order valence-corrected chi connectivity index (χ0v) is 50.3. The van der Waals surface area contributed by atoms with Crippen molar-refractivity contribution in [3.05, 3.63) is 0 Å². The zero-order valence-electron chi connectivity index (χ0n) is 48.5. The highest BCUT2D eigenvalue weighted by atomic mass is 31.2. The fourth-order valence-electron chi connectivity index (χ4n) is 8.29. The van der Waals surface area contributed by atoms with Crippen LogP contribution < -0.4 is 0 Å². The minimum Gasteiger partial charge on any atom is -0.462 e. The van der Waals surface area contributed by atoms with Crippen LogP contribution in [-0.2, 0) is 65.4 Å². The van der Waals surface area contributed by atoms with E-state index >= 15 is 0 Å². The molecule has 0 aromatic rings. The van der Waals surface area contributed by atoms with E-state index in [1.165, 1.54) is 70.6 Å². The Bertz CT molecular complexity index is 1510. The molecule has 3 N–H and O–H groups in total. The normalized spacial score (nSPS) is 14.5. The average Bonchev–Trinajstić information content (AvgIpc) is 3.37. The molecule has 17 nitrogen and oxygen atoms in total. The first kappa shape index (κ1) is 74.1. The second-order valence-corrected chi connectivity index (χ2v) is 24.5. The van der Waals surface area contributed by atoms with Gasteiger partial charge in [0.05, 0.1) is 26.4 Å². The number of ether oxygens (including phenoxy) is 4. The van der Waals surface area contributed by atoms with Crippen molar-refractivity contribution < 1.29 is 80.2 Å². The molecule has 5 atom stereocenters. The van der Waals surface area contributed by atoms with Gasteiger partial charge in [-0.25, -0.2) is 9.13 Å². The highest BCUT2D eigenvalue weighted by Crippen LogP contribution is 2.45. The van der Waals surface area contributed by atoms with Crippen molar-refractivity contribution in [1.82, 2.24) is 0 Å². The fraction of sp³-hybridized carbons (Fsp3) is 0.930. The van der Waals surface area contributed by atoms with Gasteiger partial charge >= 0.3 is 39.5 Å². The summed E-state index contributed by atoms with van der Waals surface area (Å²) in [5.41, 5.74) is 0. The van der Waals surface area contributed by atoms with Crippen LogP contribution in [0.2, 0.25) is 0 Å². The van der Waals surface area contributed by atoms with Crippen LogP contribution in [0.5, 0.6) is 0 Å². The number of hydrogen-bond acceptors (Lipinski definition) is 15. The van der Waals surface area contributed by atoms with E-state index in [1.54, 1.807) is 0 Å². The van der Waals surface area contributed by atoms with Gasteiger partial charge in [0.15, 0.2) is 12.2 Å². The summed E-state index contributed by atoms with van der Waals surface area (Å²) in [6.07, 6.45) is 29.7. The van der Waals surface area contributed by atoms with Gasteiger partial charge in [-0.05, 0) is 37.5 Å². The molecular weight excluding hydrogens is 1020 g/mol. The minimum atomic E-state index is -4.93. The highest BCUT2D eigenvalue weighted by Gasteiger charge is 2.30. The van der Waals surface area contributed by atoms with E-state index in [0.29, 0.717) is 37.5 Å². The van der Waals surface area contributed by atoms with Crippen molar-refractivity contribution in [1.29, 1.82) is 0 Å². The average molecular weight is 1130 g/mol. The minimum absolute atomic E-state index is 0.101. The molecule has 2 unspecified atom stereocenters. The third-order valence-electron chi connectivity index (χ3n) is 13.0. The second kappa shape index (κ2) is 50.1. The van der Waals surface area contributed by atoms with Crippen molar-refractivity contribution in [2.75, 3.05) is 39.6 Å². The lowest BCUT2D eigenvalue weighted by molar-refractivity contribution is -0.161. The van der Waals surface area contributed by atoms with Crippen molar-refractivity contribution in [3.63, 3.8) is 0 Å². The zero-order chi connectivity index (χ0) is 56.6. The van der Waals surface area contributed by atoms with Gasteiger partial charge in [-0.15, -0.1) is 0 Å². The van der Waals surface area contributed by atoms with Crippen LogP contribution in [0.1, 0.15) is 273 Å². The van der Waals surface area contributed by atoms with E-state index < -0.39 is 97.5 Å². The molecule has 0 aliphatic carbocycles. The molecule has 0 saturated heterocycles. The number of rotatable bonds is 56. The number of carbonyl (C=O) groups excluding carboxylic acids is 4. The predicted molar refractivity (Wildman–Crippen MR) is 298 cm³/mol. The molecule has 0 heterocycles. The second-order valence-electron chi connectivity index (χ2n) is 21.6. The molecule has 76 heavy (non-hydrogen) atoms. The van der Waals surface area contributed by atoms with Gasteiger partial charge < -0.3 is 33.8 Å². The molecule has 0 radical (unpaired) electrons. The molecule has 0 rings (SSSR count). The molecule has 19 heteroatoms. The molecule has 0 saturated carbocycles. The Balaban J connectivity index is 5.22. The third kappa shape index (κ3) is 51.5. The predicted octanol–water partition coefficient (Wildman–Crippen LogP) is 14.9. The summed E-state index contributed by atoms with van der Waals surface area (Å²) >= 11 is 0. The molecular formula is C57H110O17P2. The number of carbonyl (C=O) groups is 4. The van der Waals surface area contributed by atoms with Crippen LogP contribution in [0.4, 0.5) is 0 Å². The van der Waals surface area contributed by atoms with Crippen LogP contribution in [-0.4, -0.2) is 96.7 Å². The van der Waals surface area contributed by atoms with Gasteiger partial charge in [0.2, 0.25) is 0 Å². The lowest BCUT2D eigenvalue weighted by Gasteiger charge is -2.21. The Morgan fingerprint density at radius 3 is 0.895 bits per heavy atom. The van der Waals surface area contributed by atoms with Gasteiger partial charge in [-0.3, -0.25) is 37.3 Å². The number of phosphoric acid groups is 2. The van der Waals surface area contributed by atoms with E-state index in [4.69, 9.17) is 37.0 Å². The number of hydrogen-bond donors (Lipinski definition) is 3. The molecule has 0 spiro atoms. The third-order valence-corrected chi connectivity index (χ3v) is 14.9. The Hall–Kier alpha value is -1.94. The quantitative estimate of drug-likeness (QED) is 0.0222. The van der Waals surface area contributed by atoms with Gasteiger partial charge in [-0.1, -0.05) is 221 Å². The van der Waals surface area contributed by atoms with Crippen LogP contribution in [0.25, 0.3) is 0 Å². The summed E-state index contributed by atoms with van der Waals surface area (Å²) in [7, 11) is -9.87. The number of esters is 4. The Morgan fingerprint density at radius 1 is 0.355 bits per heavy atom. The first-order valence-electron chi connectivity index (χ1n) is 30.0. The number of unbranched alkanes of at least 4 members (excludes halogenated alkanes) is 26. The smallest absolute Gasteiger partial charge is 0.462 e. The van der Waals surface area contributed by atoms with Gasteiger partial charge in [0.25, 0.3) is 0 Å². The van der Waals surface area contributed by atoms with Crippen LogP contribution >= 0.6 is 15.6 Å². The van der Waals surface area contributed by atoms with Crippen LogP contribution in [0.15, 0.2) is 0 Å². The molecule has 450 valence electrons. The number of aliphatic hydroxyl groups is 1. The summed E-state index contributed by atoms with van der Waals surface area (Å²) in [6, 6.07) is 0. The number of aliphatic hydroxyl groups excluding tert-OH is 1. The van der Waals surface area contributed by atoms with Crippen LogP contribution in [0.3, 0.4) is 0 Å². The molecule has 0 aliphatic heterocycles. The highest BCUT2D eigenvalue weighted by molar-refractivity contribution is 7.47. The Labute approximate surface area is 460 Å². The molecule has 0 aliphatic rings. The molecule has 0 fully saturated rings. The first-order valence-corrected chi connectivity index (χ1v) is 33.0. The van der Waals surface area contributed by atoms with E-state index in [9.17, 15) is 43.2 Å². The lowest BCUT2D eigenvalue weighted by atomic mass is 10.0. The summed E-state index contributed by atoms with van der Waals surface area (Å²) in [6.45, 7) is 9.21. The SMILES string of the molecule is CCCCCCCCCCCCCC(=O)O[C@H](COC(=O)CCCCCCCCC(C)C)COP(=O)(O)OC[C@@H](O)COP(=O)(O)OC[C@@H](COC(=O)CCCCCCCCC)OC(=O)CCCCCCCCC(C)C. The maximum atomic E-state index is 12.9. The molecule has 0 bridgehead atoms. The standard InChI is InChI=1S/C57H110O17P2/c1-7-9-11-13-15-16-17-18-20-29-35-41-56(61)73-52(46-68-55(60)40-34-28-23-21-25-31-37-49(3)4)47-71-75(63,64)69-43-51(58)44-70-76(65,66)72-48-53(45-67-54(59)39-33-27-19-14-12-10-8-2)74-57(62)42-36-30-24-22-26-32-38-50(5)6/h49-53,58H,7-48H2,1-6H3,(H,63,64)(H,65,66)/t51-,52-,53-/m1/s1. The van der Waals surface area contributed by atoms with Crippen molar-refractivity contribution in [3.8, 4) is 0 Å². The molecule has 0 amide bonds. The first-order chi connectivity index (χ1) is 36.4. The largest absolute Gasteiger partial charge is 0.472 e. The maximum absolute atomic E-state index is 12.9. The maximum Gasteiger partial charge on any atom is 0.472 e. The summed E-state index contributed by atoms with van der Waals surface area (Å²) in [5, 5.41) is 10.5. The topological polar surface area (TPSA) is 237 Å². The van der Waals surface area contributed by atoms with Crippen molar-refractivity contribution in [2.45, 2.75) is 291 Å². The van der Waals surface area contributed by atoms with E-state index in [-0.39, 0.29) is 25.7 Å². The van der Waals surface area contributed by atoms with Crippen molar-refractivity contribution in [2.24, 2.45) is 11.8 Å². The Morgan fingerprint density at radius 2 is 0.605 bits per heavy atom. The molecule has 0 aromatic carbocycles. The van der Waals surface area contributed by atoms with E-state index in [0.717, 1.165) is 109 Å². The van der Waals surface area contributed by atoms with E-state index in [1.807, 2.05) is 0 Å². The van der Waals surface area contributed by atoms with Crippen molar-refractivity contribution >= 4 is 39.5 Å². The Kier molecular flexibility index (Phi) is 48.8. The fourth-order valence-corrected chi connectivity index (χ4v) is 9.87. The summed E-state index contributed by atoms with van der Waals surface area (Å²) in [4.78, 5) is 71.7.